The van der Waals surface area contributed by atoms with Gasteiger partial charge in [-0.15, -0.1) is 0 Å². The number of carbonyl (C=O) groups is 1. The summed E-state index contributed by atoms with van der Waals surface area (Å²) >= 11 is 0. The van der Waals surface area contributed by atoms with Gasteiger partial charge in [0.15, 0.2) is 0 Å². The van der Waals surface area contributed by atoms with Crippen LogP contribution in [-0.4, -0.2) is 41.7 Å². The van der Waals surface area contributed by atoms with E-state index in [-0.39, 0.29) is 29.6 Å². The van der Waals surface area contributed by atoms with Crippen LogP contribution in [-0.2, 0) is 14.8 Å². The summed E-state index contributed by atoms with van der Waals surface area (Å²) < 4.78 is 37.0. The van der Waals surface area contributed by atoms with Gasteiger partial charge in [0.1, 0.15) is 5.75 Å². The minimum absolute atomic E-state index is 0.0211. The number of amides is 1. The average molecular weight is 364 g/mol. The Bertz CT molecular complexity index is 822. The maximum absolute atomic E-state index is 12.3. The molecule has 0 unspecified atom stereocenters. The number of methoxy groups -OCH3 is 2. The Balaban J connectivity index is 2.26. The van der Waals surface area contributed by atoms with Gasteiger partial charge in [-0.25, -0.2) is 13.1 Å². The van der Waals surface area contributed by atoms with E-state index in [4.69, 9.17) is 9.47 Å². The Morgan fingerprint density at radius 1 is 1.08 bits per heavy atom. The van der Waals surface area contributed by atoms with Gasteiger partial charge >= 0.3 is 0 Å². The Labute approximate surface area is 147 Å². The fourth-order valence-electron chi connectivity index (χ4n) is 2.10. The van der Waals surface area contributed by atoms with Crippen molar-refractivity contribution in [2.45, 2.75) is 4.90 Å². The van der Waals surface area contributed by atoms with Gasteiger partial charge in [-0.3, -0.25) is 4.79 Å². The SMILES string of the molecule is COCCNS(=O)(=O)c1ccc(OC)c(NC(=O)c2ccccc2)c1. The third-order valence-corrected chi connectivity index (χ3v) is 4.82. The number of benzene rings is 2. The summed E-state index contributed by atoms with van der Waals surface area (Å²) in [4.78, 5) is 12.3. The molecule has 2 rings (SSSR count). The third-order valence-electron chi connectivity index (χ3n) is 3.36. The van der Waals surface area contributed by atoms with Gasteiger partial charge in [0.05, 0.1) is 24.3 Å². The smallest absolute Gasteiger partial charge is 0.255 e. The monoisotopic (exact) mass is 364 g/mol. The summed E-state index contributed by atoms with van der Waals surface area (Å²) in [5.41, 5.74) is 0.724. The first-order valence-corrected chi connectivity index (χ1v) is 8.99. The zero-order valence-electron chi connectivity index (χ0n) is 14.0. The molecule has 0 aliphatic rings. The molecule has 0 saturated carbocycles. The van der Waals surface area contributed by atoms with Gasteiger partial charge in [-0.2, -0.15) is 0 Å². The molecule has 0 spiro atoms. The number of nitrogens with one attached hydrogen (secondary N) is 2. The van der Waals surface area contributed by atoms with Crippen LogP contribution in [0.25, 0.3) is 0 Å². The maximum atomic E-state index is 12.3. The third kappa shape index (κ3) is 5.02. The molecular weight excluding hydrogens is 344 g/mol. The molecule has 2 aromatic carbocycles. The normalized spacial score (nSPS) is 11.1. The van der Waals surface area contributed by atoms with Crippen molar-refractivity contribution < 1.29 is 22.7 Å². The molecular formula is C17H20N2O5S. The highest BCUT2D eigenvalue weighted by Gasteiger charge is 2.17. The lowest BCUT2D eigenvalue weighted by Crippen LogP contribution is -2.27. The molecule has 0 heterocycles. The van der Waals surface area contributed by atoms with Crippen molar-refractivity contribution in [3.63, 3.8) is 0 Å². The Morgan fingerprint density at radius 2 is 1.80 bits per heavy atom. The van der Waals surface area contributed by atoms with Crippen LogP contribution in [0.4, 0.5) is 5.69 Å². The second kappa shape index (κ2) is 8.61. The minimum Gasteiger partial charge on any atom is -0.495 e. The molecule has 1 amide bonds. The largest absolute Gasteiger partial charge is 0.495 e. The molecule has 2 aromatic rings. The van der Waals surface area contributed by atoms with Crippen molar-refractivity contribution in [3.8, 4) is 5.75 Å². The average Bonchev–Trinajstić information content (AvgIpc) is 2.62. The van der Waals surface area contributed by atoms with Gasteiger partial charge in [-0.1, -0.05) is 18.2 Å². The summed E-state index contributed by atoms with van der Waals surface area (Å²) in [7, 11) is -0.789. The lowest BCUT2D eigenvalue weighted by molar-refractivity contribution is 0.102. The zero-order valence-corrected chi connectivity index (χ0v) is 14.8. The molecule has 0 radical (unpaired) electrons. The van der Waals surface area contributed by atoms with E-state index in [1.807, 2.05) is 0 Å². The van der Waals surface area contributed by atoms with Gasteiger partial charge in [0, 0.05) is 19.2 Å². The summed E-state index contributed by atoms with van der Waals surface area (Å²) in [5.74, 6) is 0.000845. The zero-order chi connectivity index (χ0) is 18.3. The number of anilines is 1. The number of ether oxygens (including phenoxy) is 2. The summed E-state index contributed by atoms with van der Waals surface area (Å²) in [6, 6.07) is 12.9. The highest BCUT2D eigenvalue weighted by Crippen LogP contribution is 2.28. The maximum Gasteiger partial charge on any atom is 0.255 e. The highest BCUT2D eigenvalue weighted by atomic mass is 32.2. The van der Waals surface area contributed by atoms with Crippen LogP contribution >= 0.6 is 0 Å². The standard InChI is InChI=1S/C17H20N2O5S/c1-23-11-10-18-25(21,22)14-8-9-16(24-2)15(12-14)19-17(20)13-6-4-3-5-7-13/h3-9,12,18H,10-11H2,1-2H3,(H,19,20). The summed E-state index contributed by atoms with van der Waals surface area (Å²) in [6.07, 6.45) is 0. The van der Waals surface area contributed by atoms with Crippen LogP contribution in [0.15, 0.2) is 53.4 Å². The molecule has 0 bridgehead atoms. The molecule has 25 heavy (non-hydrogen) atoms. The van der Waals surface area contributed by atoms with E-state index in [2.05, 4.69) is 10.0 Å². The lowest BCUT2D eigenvalue weighted by Gasteiger charge is -2.13. The van der Waals surface area contributed by atoms with Crippen molar-refractivity contribution in [2.75, 3.05) is 32.7 Å². The number of hydrogen-bond donors (Lipinski definition) is 2. The molecule has 2 N–H and O–H groups in total. The Morgan fingerprint density at radius 3 is 2.44 bits per heavy atom. The first-order valence-electron chi connectivity index (χ1n) is 7.51. The molecule has 0 fully saturated rings. The number of hydrogen-bond acceptors (Lipinski definition) is 5. The van der Waals surface area contributed by atoms with Crippen molar-refractivity contribution in [1.29, 1.82) is 0 Å². The van der Waals surface area contributed by atoms with E-state index in [0.717, 1.165) is 0 Å². The van der Waals surface area contributed by atoms with E-state index in [1.54, 1.807) is 30.3 Å². The van der Waals surface area contributed by atoms with Gasteiger partial charge in [0.25, 0.3) is 5.91 Å². The van der Waals surface area contributed by atoms with Crippen LogP contribution in [0.1, 0.15) is 10.4 Å². The first-order chi connectivity index (χ1) is 12.0. The van der Waals surface area contributed by atoms with E-state index >= 15 is 0 Å². The fourth-order valence-corrected chi connectivity index (χ4v) is 3.14. The summed E-state index contributed by atoms with van der Waals surface area (Å²) in [6.45, 7) is 0.406. The van der Waals surface area contributed by atoms with E-state index < -0.39 is 10.0 Å². The van der Waals surface area contributed by atoms with E-state index in [0.29, 0.717) is 11.3 Å². The highest BCUT2D eigenvalue weighted by molar-refractivity contribution is 7.89. The predicted octanol–water partition coefficient (Wildman–Crippen LogP) is 1.87. The van der Waals surface area contributed by atoms with Crippen molar-refractivity contribution >= 4 is 21.6 Å². The first kappa shape index (κ1) is 18.9. The van der Waals surface area contributed by atoms with Crippen LogP contribution in [0.5, 0.6) is 5.75 Å². The molecule has 134 valence electrons. The number of carbonyl (C=O) groups excluding carboxylic acids is 1. The number of sulfonamides is 1. The number of rotatable bonds is 8. The Hall–Kier alpha value is -2.42. The van der Waals surface area contributed by atoms with Crippen molar-refractivity contribution in [3.05, 3.63) is 54.1 Å². The second-order valence-corrected chi connectivity index (χ2v) is 6.84. The quantitative estimate of drug-likeness (QED) is 0.698. The van der Waals surface area contributed by atoms with Gasteiger partial charge in [-0.05, 0) is 30.3 Å². The van der Waals surface area contributed by atoms with Crippen LogP contribution < -0.4 is 14.8 Å². The van der Waals surface area contributed by atoms with Gasteiger partial charge in [0.2, 0.25) is 10.0 Å². The second-order valence-electron chi connectivity index (χ2n) is 5.07. The molecule has 7 nitrogen and oxygen atoms in total. The molecule has 0 atom stereocenters. The van der Waals surface area contributed by atoms with Crippen molar-refractivity contribution in [1.82, 2.24) is 4.72 Å². The lowest BCUT2D eigenvalue weighted by atomic mass is 10.2. The van der Waals surface area contributed by atoms with Crippen LogP contribution in [0, 0.1) is 0 Å². The van der Waals surface area contributed by atoms with E-state index in [1.165, 1.54) is 32.4 Å². The molecule has 0 aliphatic carbocycles. The fraction of sp³-hybridized carbons (Fsp3) is 0.235. The van der Waals surface area contributed by atoms with Crippen LogP contribution in [0.3, 0.4) is 0 Å². The summed E-state index contributed by atoms with van der Waals surface area (Å²) in [5, 5.41) is 2.68. The molecule has 0 saturated heterocycles. The Kier molecular flexibility index (Phi) is 6.51. The van der Waals surface area contributed by atoms with Crippen LogP contribution in [0.2, 0.25) is 0 Å². The van der Waals surface area contributed by atoms with Gasteiger partial charge < -0.3 is 14.8 Å². The van der Waals surface area contributed by atoms with Crippen molar-refractivity contribution in [2.24, 2.45) is 0 Å². The molecule has 0 aliphatic heterocycles. The topological polar surface area (TPSA) is 93.7 Å². The molecule has 8 heteroatoms. The van der Waals surface area contributed by atoms with E-state index in [9.17, 15) is 13.2 Å². The minimum atomic E-state index is -3.72. The predicted molar refractivity (Wildman–Crippen MR) is 94.5 cm³/mol. The molecule has 0 aromatic heterocycles.